The molecule has 0 saturated heterocycles. The molecule has 0 aliphatic rings. The van der Waals surface area contributed by atoms with Crippen molar-refractivity contribution < 1.29 is 28.2 Å². The number of methoxy groups -OCH3 is 3. The fourth-order valence-electron chi connectivity index (χ4n) is 3.71. The summed E-state index contributed by atoms with van der Waals surface area (Å²) in [6, 6.07) is 8.72. The maximum Gasteiger partial charge on any atom is 0.245 e. The van der Waals surface area contributed by atoms with Crippen LogP contribution in [0, 0.1) is 11.7 Å². The van der Waals surface area contributed by atoms with Crippen LogP contribution in [0.5, 0.6) is 17.2 Å². The molecule has 2 unspecified atom stereocenters. The van der Waals surface area contributed by atoms with Gasteiger partial charge in [0.15, 0.2) is 29.0 Å². The van der Waals surface area contributed by atoms with E-state index in [0.29, 0.717) is 22.6 Å². The van der Waals surface area contributed by atoms with Crippen molar-refractivity contribution in [2.24, 2.45) is 16.6 Å². The summed E-state index contributed by atoms with van der Waals surface area (Å²) in [5, 5.41) is 5.36. The molecular weight excluding hydrogens is 467 g/mol. The molecule has 10 heteroatoms. The molecule has 196 valence electrons. The molecule has 2 aromatic rings. The van der Waals surface area contributed by atoms with E-state index in [9.17, 15) is 14.0 Å². The van der Waals surface area contributed by atoms with Crippen molar-refractivity contribution in [3.63, 3.8) is 0 Å². The summed E-state index contributed by atoms with van der Waals surface area (Å²) in [5.41, 5.74) is 7.37. The van der Waals surface area contributed by atoms with Gasteiger partial charge in [-0.15, -0.1) is 0 Å². The van der Waals surface area contributed by atoms with Crippen molar-refractivity contribution in [2.75, 3.05) is 21.3 Å². The van der Waals surface area contributed by atoms with Gasteiger partial charge in [0.2, 0.25) is 11.8 Å². The summed E-state index contributed by atoms with van der Waals surface area (Å²) in [4.78, 5) is 29.8. The smallest absolute Gasteiger partial charge is 0.245 e. The third-order valence-corrected chi connectivity index (χ3v) is 5.59. The molecule has 2 amide bonds. The van der Waals surface area contributed by atoms with Gasteiger partial charge in [-0.2, -0.15) is 0 Å². The molecule has 0 aliphatic heterocycles. The molecule has 0 aromatic heterocycles. The first-order valence-corrected chi connectivity index (χ1v) is 11.7. The van der Waals surface area contributed by atoms with E-state index in [-0.39, 0.29) is 42.4 Å². The normalized spacial score (nSPS) is 12.9. The Morgan fingerprint density at radius 2 is 1.64 bits per heavy atom. The number of benzene rings is 2. The van der Waals surface area contributed by atoms with Crippen molar-refractivity contribution >= 4 is 17.8 Å². The van der Waals surface area contributed by atoms with Crippen molar-refractivity contribution in [3.05, 3.63) is 53.3 Å². The largest absolute Gasteiger partial charge is 0.494 e. The number of carbonyl (C=O) groups excluding carboxylic acids is 2. The van der Waals surface area contributed by atoms with E-state index in [1.54, 1.807) is 24.3 Å². The molecule has 0 radical (unpaired) electrons. The molecule has 4 N–H and O–H groups in total. The SMILES string of the molecule is CCCC(C)C(N=C(N)NC(=O)Cc1ccc(OC)c(OC)c1)C(=O)NCc1ccc(F)c(OC)c1. The average Bonchev–Trinajstić information content (AvgIpc) is 2.86. The molecule has 0 aliphatic carbocycles. The Bertz CT molecular complexity index is 1080. The Kier molecular flexibility index (Phi) is 11.0. The number of carbonyl (C=O) groups is 2. The van der Waals surface area contributed by atoms with Crippen LogP contribution in [-0.2, 0) is 22.6 Å². The van der Waals surface area contributed by atoms with Crippen LogP contribution in [-0.4, -0.2) is 45.1 Å². The summed E-state index contributed by atoms with van der Waals surface area (Å²) in [6.07, 6.45) is 1.62. The number of hydrogen-bond acceptors (Lipinski definition) is 6. The van der Waals surface area contributed by atoms with E-state index >= 15 is 0 Å². The Morgan fingerprint density at radius 1 is 1.00 bits per heavy atom. The van der Waals surface area contributed by atoms with Crippen LogP contribution in [0.3, 0.4) is 0 Å². The maximum absolute atomic E-state index is 13.7. The van der Waals surface area contributed by atoms with Crippen molar-refractivity contribution in [1.29, 1.82) is 0 Å². The Hall–Kier alpha value is -3.82. The van der Waals surface area contributed by atoms with Gasteiger partial charge in [0, 0.05) is 6.54 Å². The second kappa shape index (κ2) is 13.9. The lowest BCUT2D eigenvalue weighted by atomic mass is 9.96. The highest BCUT2D eigenvalue weighted by molar-refractivity contribution is 5.98. The number of amides is 2. The number of hydrogen-bond donors (Lipinski definition) is 3. The zero-order chi connectivity index (χ0) is 26.7. The quantitative estimate of drug-likeness (QED) is 0.303. The summed E-state index contributed by atoms with van der Waals surface area (Å²) >= 11 is 0. The number of aliphatic imine (C=N–C) groups is 1. The minimum Gasteiger partial charge on any atom is -0.494 e. The number of nitrogens with zero attached hydrogens (tertiary/aromatic N) is 1. The lowest BCUT2D eigenvalue weighted by Gasteiger charge is -2.20. The van der Waals surface area contributed by atoms with Gasteiger partial charge in [-0.05, 0) is 47.7 Å². The van der Waals surface area contributed by atoms with Crippen LogP contribution in [0.15, 0.2) is 41.4 Å². The minimum absolute atomic E-state index is 0.0321. The standard InChI is InChI=1S/C26H35FN4O5/c1-6-7-16(2)24(25(33)29-15-18-8-10-19(27)21(13-18)35-4)31-26(28)30-23(32)14-17-9-11-20(34-3)22(12-17)36-5/h8-13,16,24H,6-7,14-15H2,1-5H3,(H,29,33)(H3,28,30,31,32). The van der Waals surface area contributed by atoms with E-state index < -0.39 is 11.9 Å². The minimum atomic E-state index is -0.811. The van der Waals surface area contributed by atoms with E-state index in [4.69, 9.17) is 19.9 Å². The molecule has 2 aromatic carbocycles. The monoisotopic (exact) mass is 502 g/mol. The number of nitrogens with two attached hydrogens (primary N) is 1. The predicted molar refractivity (Wildman–Crippen MR) is 136 cm³/mol. The third-order valence-electron chi connectivity index (χ3n) is 5.59. The maximum atomic E-state index is 13.7. The highest BCUT2D eigenvalue weighted by atomic mass is 19.1. The van der Waals surface area contributed by atoms with Crippen LogP contribution in [0.1, 0.15) is 37.8 Å². The molecule has 2 atom stereocenters. The first-order valence-electron chi connectivity index (χ1n) is 11.7. The molecule has 36 heavy (non-hydrogen) atoms. The second-order valence-corrected chi connectivity index (χ2v) is 8.33. The Balaban J connectivity index is 2.08. The van der Waals surface area contributed by atoms with Crippen LogP contribution in [0.2, 0.25) is 0 Å². The fourth-order valence-corrected chi connectivity index (χ4v) is 3.71. The highest BCUT2D eigenvalue weighted by Crippen LogP contribution is 2.27. The van der Waals surface area contributed by atoms with Gasteiger partial charge < -0.3 is 25.3 Å². The first kappa shape index (κ1) is 28.4. The van der Waals surface area contributed by atoms with E-state index in [2.05, 4.69) is 15.6 Å². The van der Waals surface area contributed by atoms with Crippen molar-refractivity contribution in [1.82, 2.24) is 10.6 Å². The van der Waals surface area contributed by atoms with Gasteiger partial charge in [-0.1, -0.05) is 32.4 Å². The summed E-state index contributed by atoms with van der Waals surface area (Å²) in [7, 11) is 4.42. The van der Waals surface area contributed by atoms with Gasteiger partial charge >= 0.3 is 0 Å². The second-order valence-electron chi connectivity index (χ2n) is 8.33. The van der Waals surface area contributed by atoms with E-state index in [1.807, 2.05) is 13.8 Å². The first-order chi connectivity index (χ1) is 17.2. The molecule has 2 rings (SSSR count). The lowest BCUT2D eigenvalue weighted by molar-refractivity contribution is -0.123. The molecule has 0 spiro atoms. The van der Waals surface area contributed by atoms with Gasteiger partial charge in [0.25, 0.3) is 0 Å². The molecule has 0 heterocycles. The average molecular weight is 503 g/mol. The number of ether oxygens (including phenoxy) is 3. The molecule has 0 fully saturated rings. The number of rotatable bonds is 12. The molecule has 0 bridgehead atoms. The summed E-state index contributed by atoms with van der Waals surface area (Å²) in [6.45, 7) is 4.07. The predicted octanol–water partition coefficient (Wildman–Crippen LogP) is 2.95. The number of guanidine groups is 1. The number of nitrogens with one attached hydrogen (secondary N) is 2. The van der Waals surface area contributed by atoms with Crippen LogP contribution in [0.4, 0.5) is 4.39 Å². The van der Waals surface area contributed by atoms with Crippen LogP contribution >= 0.6 is 0 Å². The van der Waals surface area contributed by atoms with Gasteiger partial charge in [0.05, 0.1) is 27.8 Å². The van der Waals surface area contributed by atoms with Gasteiger partial charge in [0.1, 0.15) is 6.04 Å². The van der Waals surface area contributed by atoms with Crippen LogP contribution < -0.4 is 30.6 Å². The topological polar surface area (TPSA) is 124 Å². The lowest BCUT2D eigenvalue weighted by Crippen LogP contribution is -2.43. The Morgan fingerprint density at radius 3 is 2.28 bits per heavy atom. The molecule has 9 nitrogen and oxygen atoms in total. The fraction of sp³-hybridized carbons (Fsp3) is 0.423. The summed E-state index contributed by atoms with van der Waals surface area (Å²) in [5.74, 6) is -0.333. The van der Waals surface area contributed by atoms with Crippen molar-refractivity contribution in [2.45, 2.75) is 45.7 Å². The number of halogens is 1. The molecule has 0 saturated carbocycles. The highest BCUT2D eigenvalue weighted by Gasteiger charge is 2.25. The van der Waals surface area contributed by atoms with Gasteiger partial charge in [-0.25, -0.2) is 9.38 Å². The Labute approximate surface area is 211 Å². The molecular formula is C26H35FN4O5. The zero-order valence-corrected chi connectivity index (χ0v) is 21.4. The van der Waals surface area contributed by atoms with E-state index in [0.717, 1.165) is 12.8 Å². The summed E-state index contributed by atoms with van der Waals surface area (Å²) < 4.78 is 29.1. The zero-order valence-electron chi connectivity index (χ0n) is 21.4. The van der Waals surface area contributed by atoms with Crippen molar-refractivity contribution in [3.8, 4) is 17.2 Å². The van der Waals surface area contributed by atoms with E-state index in [1.165, 1.54) is 33.5 Å². The van der Waals surface area contributed by atoms with Crippen LogP contribution in [0.25, 0.3) is 0 Å². The third kappa shape index (κ3) is 8.14. The van der Waals surface area contributed by atoms with Gasteiger partial charge in [-0.3, -0.25) is 14.9 Å².